The van der Waals surface area contributed by atoms with Crippen molar-refractivity contribution in [2.24, 2.45) is 5.92 Å². The third kappa shape index (κ3) is 11.8. The molecule has 3 aliphatic rings. The Kier molecular flexibility index (Phi) is 17.0. The number of aryl methyl sites for hydroxylation is 1. The van der Waals surface area contributed by atoms with Gasteiger partial charge in [-0.3, -0.25) is 24.1 Å². The summed E-state index contributed by atoms with van der Waals surface area (Å²) in [5, 5.41) is 32.6. The molecule has 4 aromatic carbocycles. The van der Waals surface area contributed by atoms with Gasteiger partial charge in [0.15, 0.2) is 5.11 Å². The largest absolute Gasteiger partial charge is 0.491 e. The molecule has 8 rings (SSSR count). The summed E-state index contributed by atoms with van der Waals surface area (Å²) in [6, 6.07) is 22.1. The number of halogens is 3. The number of thiazole rings is 1. The Balaban J connectivity index is 0.803. The average Bonchev–Trinajstić information content (AvgIpc) is 4.33. The Bertz CT molecular complexity index is 3160. The van der Waals surface area contributed by atoms with E-state index in [1.807, 2.05) is 39.0 Å². The first-order valence-electron chi connectivity index (χ1n) is 24.7. The standard InChI is InChI=1S/C55H55F3N8O9S2/c1-32(2)47(64-29-38-8-6-7-36(27-60)46(38)50(64)69)51(70)63-30-41(67)25-44(63)49(68)61-28-37-10-9-34(48-33(3)62-31-77-48)23-45(37)75-22-20-73-18-17-72-19-21-74-42-15-13-39(14-16-42)66-53(76)65(52(71)54(66,4)5)40-12-11-35(26-59)43(24-40)55(56,57)58/h6-16,23-24,31-32,41,44,47,67H,17-22,25,28-30H2,1-5H3,(H,61,68)/t41-,44+,47?/m1/s1. The molecule has 0 aliphatic carbocycles. The molecule has 77 heavy (non-hydrogen) atoms. The number of hydrogen-bond acceptors (Lipinski definition) is 14. The van der Waals surface area contributed by atoms with Gasteiger partial charge in [-0.15, -0.1) is 11.3 Å². The van der Waals surface area contributed by atoms with Crippen molar-refractivity contribution in [1.82, 2.24) is 20.1 Å². The van der Waals surface area contributed by atoms with Crippen LogP contribution in [0.2, 0.25) is 0 Å². The highest BCUT2D eigenvalue weighted by atomic mass is 32.1. The van der Waals surface area contributed by atoms with Crippen LogP contribution in [0.1, 0.15) is 78.0 Å². The van der Waals surface area contributed by atoms with Crippen molar-refractivity contribution < 1.29 is 56.4 Å². The number of nitriles is 2. The van der Waals surface area contributed by atoms with Gasteiger partial charge in [-0.1, -0.05) is 38.1 Å². The van der Waals surface area contributed by atoms with Crippen LogP contribution >= 0.6 is 23.6 Å². The number of aliphatic hydroxyl groups excluding tert-OH is 1. The number of carbonyl (C=O) groups excluding carboxylic acids is 4. The summed E-state index contributed by atoms with van der Waals surface area (Å²) in [5.41, 5.74) is 2.71. The summed E-state index contributed by atoms with van der Waals surface area (Å²) < 4.78 is 64.9. The number of likely N-dealkylation sites (tertiary alicyclic amines) is 1. The second-order valence-electron chi connectivity index (χ2n) is 19.3. The van der Waals surface area contributed by atoms with Crippen LogP contribution in [0.5, 0.6) is 11.5 Å². The molecule has 22 heteroatoms. The molecular weight excluding hydrogens is 1040 g/mol. The van der Waals surface area contributed by atoms with Gasteiger partial charge >= 0.3 is 6.18 Å². The van der Waals surface area contributed by atoms with E-state index in [2.05, 4.69) is 16.4 Å². The fraction of sp³-hybridized carbons (Fsp3) is 0.382. The SMILES string of the molecule is Cc1ncsc1-c1ccc(CNC(=O)[C@@H]2C[C@@H](O)CN2C(=O)C(C(C)C)N2Cc3cccc(C#N)c3C2=O)c(OCCOCCOCCOc2ccc(N3C(=S)N(c4ccc(C#N)c(C(F)(F)F)c4)C(=O)C3(C)C)cc2)c1. The first kappa shape index (κ1) is 55.8. The second-order valence-corrected chi connectivity index (χ2v) is 20.6. The number of alkyl halides is 3. The molecule has 0 radical (unpaired) electrons. The fourth-order valence-electron chi connectivity index (χ4n) is 9.71. The molecule has 17 nitrogen and oxygen atoms in total. The molecule has 0 bridgehead atoms. The van der Waals surface area contributed by atoms with Crippen molar-refractivity contribution in [1.29, 1.82) is 10.5 Å². The number of carbonyl (C=O) groups is 4. The minimum absolute atomic E-state index is 0.0112. The van der Waals surface area contributed by atoms with Crippen molar-refractivity contribution in [3.63, 3.8) is 0 Å². The van der Waals surface area contributed by atoms with Crippen LogP contribution in [0.3, 0.4) is 0 Å². The number of aromatic nitrogens is 1. The number of benzene rings is 4. The van der Waals surface area contributed by atoms with Crippen LogP contribution in [-0.4, -0.2) is 119 Å². The molecule has 5 aromatic rings. The number of anilines is 2. The number of nitrogens with zero attached hydrogens (tertiary/aromatic N) is 7. The van der Waals surface area contributed by atoms with E-state index in [-0.39, 0.29) is 93.5 Å². The quantitative estimate of drug-likeness (QED) is 0.0570. The molecule has 2 N–H and O–H groups in total. The topological polar surface area (TPSA) is 211 Å². The van der Waals surface area contributed by atoms with E-state index >= 15 is 0 Å². The maximum absolute atomic E-state index is 14.3. The van der Waals surface area contributed by atoms with E-state index in [0.29, 0.717) is 28.3 Å². The van der Waals surface area contributed by atoms with Crippen LogP contribution in [0.15, 0.2) is 84.4 Å². The van der Waals surface area contributed by atoms with Gasteiger partial charge in [-0.25, -0.2) is 4.98 Å². The number of aliphatic hydroxyl groups is 1. The van der Waals surface area contributed by atoms with Gasteiger partial charge in [-0.2, -0.15) is 23.7 Å². The van der Waals surface area contributed by atoms with Crippen molar-refractivity contribution in [2.45, 2.75) is 84.0 Å². The van der Waals surface area contributed by atoms with Gasteiger partial charge in [0.05, 0.1) is 88.7 Å². The monoisotopic (exact) mass is 1090 g/mol. The Hall–Kier alpha value is -7.47. The van der Waals surface area contributed by atoms with E-state index in [4.69, 9.17) is 31.2 Å². The lowest BCUT2D eigenvalue weighted by Crippen LogP contribution is -2.55. The number of hydrogen-bond donors (Lipinski definition) is 2. The Morgan fingerprint density at radius 1 is 0.922 bits per heavy atom. The molecule has 2 saturated heterocycles. The number of β-amino-alcohol motifs (C(OH)–C–C–N with tert-alkyl or cyclic N) is 1. The Morgan fingerprint density at radius 3 is 2.25 bits per heavy atom. The number of ether oxygens (including phenoxy) is 4. The minimum Gasteiger partial charge on any atom is -0.491 e. The van der Waals surface area contributed by atoms with Gasteiger partial charge in [0.1, 0.15) is 42.3 Å². The third-order valence-corrected chi connectivity index (χ3v) is 14.8. The number of fused-ring (bicyclic) bond motifs is 1. The lowest BCUT2D eigenvalue weighted by Gasteiger charge is -2.35. The molecule has 3 atom stereocenters. The summed E-state index contributed by atoms with van der Waals surface area (Å²) >= 11 is 7.12. The second kappa shape index (κ2) is 23.4. The molecule has 1 unspecified atom stereocenters. The van der Waals surface area contributed by atoms with E-state index in [1.54, 1.807) is 72.8 Å². The van der Waals surface area contributed by atoms with Crippen molar-refractivity contribution in [2.75, 3.05) is 56.0 Å². The average molecular weight is 1090 g/mol. The Labute approximate surface area is 452 Å². The molecule has 0 saturated carbocycles. The summed E-state index contributed by atoms with van der Waals surface area (Å²) in [7, 11) is 0. The lowest BCUT2D eigenvalue weighted by atomic mass is 10.00. The van der Waals surface area contributed by atoms with Crippen molar-refractivity contribution in [3.8, 4) is 34.1 Å². The van der Waals surface area contributed by atoms with Gasteiger partial charge in [0.2, 0.25) is 11.8 Å². The summed E-state index contributed by atoms with van der Waals surface area (Å²) in [4.78, 5) is 66.3. The summed E-state index contributed by atoms with van der Waals surface area (Å²) in [6.45, 7) is 10.2. The molecule has 3 aliphatic heterocycles. The maximum atomic E-state index is 14.3. The zero-order valence-corrected chi connectivity index (χ0v) is 44.4. The maximum Gasteiger partial charge on any atom is 0.417 e. The van der Waals surface area contributed by atoms with E-state index in [9.17, 15) is 48.0 Å². The van der Waals surface area contributed by atoms with Crippen molar-refractivity contribution >= 4 is 63.7 Å². The molecule has 1 aromatic heterocycles. The predicted octanol–water partition coefficient (Wildman–Crippen LogP) is 7.55. The van der Waals surface area contributed by atoms with Gasteiger partial charge in [0.25, 0.3) is 11.8 Å². The predicted molar refractivity (Wildman–Crippen MR) is 282 cm³/mol. The number of thiocarbonyl (C=S) groups is 1. The highest BCUT2D eigenvalue weighted by molar-refractivity contribution is 7.81. The van der Waals surface area contributed by atoms with Gasteiger partial charge in [-0.05, 0) is 105 Å². The van der Waals surface area contributed by atoms with Crippen LogP contribution in [0.25, 0.3) is 10.4 Å². The van der Waals surface area contributed by atoms with E-state index < -0.39 is 64.7 Å². The normalized spacial score (nSPS) is 17.4. The number of rotatable bonds is 20. The van der Waals surface area contributed by atoms with Crippen LogP contribution < -0.4 is 24.6 Å². The molecule has 4 heterocycles. The first-order valence-corrected chi connectivity index (χ1v) is 26.0. The molecule has 4 amide bonds. The van der Waals surface area contributed by atoms with Crippen molar-refractivity contribution in [3.05, 3.63) is 123 Å². The van der Waals surface area contributed by atoms with Gasteiger partial charge in [0, 0.05) is 37.3 Å². The van der Waals surface area contributed by atoms with E-state index in [0.717, 1.165) is 33.2 Å². The highest BCUT2D eigenvalue weighted by Crippen LogP contribution is 2.41. The summed E-state index contributed by atoms with van der Waals surface area (Å²) in [5.74, 6) is -1.25. The number of amides is 4. The Morgan fingerprint density at radius 2 is 1.60 bits per heavy atom. The molecule has 0 spiro atoms. The minimum atomic E-state index is -4.82. The van der Waals surface area contributed by atoms with Crippen LogP contribution in [-0.2, 0) is 43.1 Å². The zero-order chi connectivity index (χ0) is 55.3. The zero-order valence-electron chi connectivity index (χ0n) is 42.8. The third-order valence-electron chi connectivity index (χ3n) is 13.5. The molecule has 2 fully saturated rings. The van der Waals surface area contributed by atoms with Crippen LogP contribution in [0, 0.1) is 35.5 Å². The molecule has 402 valence electrons. The highest BCUT2D eigenvalue weighted by Gasteiger charge is 2.51. The molecular formula is C55H55F3N8O9S2. The number of nitrogens with one attached hydrogen (secondary N) is 1. The van der Waals surface area contributed by atoms with Gasteiger partial charge < -0.3 is 44.1 Å². The smallest absolute Gasteiger partial charge is 0.417 e. The fourth-order valence-corrected chi connectivity index (χ4v) is 11.0. The van der Waals surface area contributed by atoms with Crippen LogP contribution in [0.4, 0.5) is 24.5 Å². The lowest BCUT2D eigenvalue weighted by molar-refractivity contribution is -0.143. The summed E-state index contributed by atoms with van der Waals surface area (Å²) in [6.07, 6.45) is -5.76. The first-order chi connectivity index (χ1) is 36.7. The van der Waals surface area contributed by atoms with E-state index in [1.165, 1.54) is 27.2 Å².